The fourth-order valence-electron chi connectivity index (χ4n) is 9.01. The second-order valence-corrected chi connectivity index (χ2v) is 19.9. The lowest BCUT2D eigenvalue weighted by molar-refractivity contribution is -0.153. The van der Waals surface area contributed by atoms with E-state index >= 15 is 0 Å². The molecule has 3 aliphatic rings. The van der Waals surface area contributed by atoms with Gasteiger partial charge in [0.2, 0.25) is 5.91 Å². The average Bonchev–Trinajstić information content (AvgIpc) is 3.75. The third kappa shape index (κ3) is 22.0. The van der Waals surface area contributed by atoms with Crippen molar-refractivity contribution in [1.29, 1.82) is 5.26 Å². The van der Waals surface area contributed by atoms with Gasteiger partial charge in [0.05, 0.1) is 82.8 Å². The Hall–Kier alpha value is -6.13. The monoisotopic (exact) mass is 1100 g/mol. The highest BCUT2D eigenvalue weighted by molar-refractivity contribution is 6.07. The van der Waals surface area contributed by atoms with Gasteiger partial charge in [0, 0.05) is 103 Å². The minimum atomic E-state index is -3.17. The van der Waals surface area contributed by atoms with Crippen LogP contribution in [0.15, 0.2) is 30.5 Å². The number of halogens is 2. The molecule has 432 valence electrons. The Kier molecular flexibility index (Phi) is 26.8. The highest BCUT2D eigenvalue weighted by atomic mass is 19.3. The first-order valence-electron chi connectivity index (χ1n) is 27.5. The van der Waals surface area contributed by atoms with E-state index in [0.717, 1.165) is 43.4 Å². The summed E-state index contributed by atoms with van der Waals surface area (Å²) in [5.41, 5.74) is 0.710. The second-order valence-electron chi connectivity index (χ2n) is 19.9. The Balaban J connectivity index is 1.08. The van der Waals surface area contributed by atoms with E-state index in [1.165, 1.54) is 12.3 Å². The topological polar surface area (TPSA) is 237 Å². The van der Waals surface area contributed by atoms with Crippen molar-refractivity contribution < 1.29 is 66.0 Å². The molecule has 0 radical (unpaired) electrons. The van der Waals surface area contributed by atoms with Crippen LogP contribution in [0.3, 0.4) is 0 Å². The van der Waals surface area contributed by atoms with Gasteiger partial charge in [-0.15, -0.1) is 0 Å². The van der Waals surface area contributed by atoms with Gasteiger partial charge in [0.1, 0.15) is 11.8 Å². The molecule has 0 unspecified atom stereocenters. The predicted molar refractivity (Wildman–Crippen MR) is 282 cm³/mol. The molecule has 1 aromatic carbocycles. The van der Waals surface area contributed by atoms with E-state index in [-0.39, 0.29) is 55.6 Å². The summed E-state index contributed by atoms with van der Waals surface area (Å²) in [5.74, 6) is -6.05. The number of nitriles is 1. The van der Waals surface area contributed by atoms with Crippen LogP contribution in [-0.2, 0) is 47.7 Å². The Bertz CT molecular complexity index is 2280. The zero-order valence-corrected chi connectivity index (χ0v) is 45.8. The van der Waals surface area contributed by atoms with Crippen molar-refractivity contribution in [2.75, 3.05) is 157 Å². The number of hydrogen-bond acceptors (Lipinski definition) is 19. The van der Waals surface area contributed by atoms with Gasteiger partial charge in [0.25, 0.3) is 17.7 Å². The number of rotatable bonds is 27. The first kappa shape index (κ1) is 62.7. The van der Waals surface area contributed by atoms with Crippen LogP contribution in [0.5, 0.6) is 5.75 Å². The summed E-state index contributed by atoms with van der Waals surface area (Å²) in [7, 11) is 0. The normalized spacial score (nSPS) is 18.3. The van der Waals surface area contributed by atoms with Crippen LogP contribution < -0.4 is 10.1 Å². The number of benzene rings is 1. The molecule has 0 aliphatic carbocycles. The molecule has 3 amide bonds. The Labute approximate surface area is 456 Å². The molecular formula is C54H80F2N10O12. The SMILES string of the molecule is CCCCOC(=O)CN1CCN(CC(=O)OCCCC)CCN(CC(=O)OCC(=O)N2CCN(CCCOc3ccc4nccc(C(=O)NCC(=O)N5CC(F)(F)C[C@H]5C#N)c4c3)CC2)CCN(CC(=O)OCCCC)CC1. The number of nitrogens with zero attached hydrogens (tertiary/aromatic N) is 9. The molecule has 0 spiro atoms. The summed E-state index contributed by atoms with van der Waals surface area (Å²) in [6.45, 7) is 11.4. The highest BCUT2D eigenvalue weighted by Crippen LogP contribution is 2.31. The smallest absolute Gasteiger partial charge is 0.320 e. The van der Waals surface area contributed by atoms with Crippen molar-refractivity contribution in [1.82, 2.24) is 44.6 Å². The number of piperazine rings is 1. The average molecular weight is 1100 g/mol. The maximum Gasteiger partial charge on any atom is 0.320 e. The summed E-state index contributed by atoms with van der Waals surface area (Å²) < 4.78 is 55.8. The quantitative estimate of drug-likeness (QED) is 0.0768. The maximum atomic E-state index is 13.9. The Morgan fingerprint density at radius 1 is 0.641 bits per heavy atom. The number of ether oxygens (including phenoxy) is 5. The molecule has 5 rings (SSSR count). The highest BCUT2D eigenvalue weighted by Gasteiger charge is 2.47. The number of carbonyl (C=O) groups excluding carboxylic acids is 7. The molecule has 3 aliphatic heterocycles. The van der Waals surface area contributed by atoms with E-state index in [9.17, 15) is 47.6 Å². The number of hydrogen-bond donors (Lipinski definition) is 1. The lowest BCUT2D eigenvalue weighted by Crippen LogP contribution is -2.50. The van der Waals surface area contributed by atoms with Crippen LogP contribution in [0.25, 0.3) is 10.9 Å². The first-order chi connectivity index (χ1) is 37.6. The number of nitrogens with one attached hydrogen (secondary N) is 1. The van der Waals surface area contributed by atoms with Crippen molar-refractivity contribution in [3.8, 4) is 11.8 Å². The molecule has 1 aromatic heterocycles. The molecular weight excluding hydrogens is 1020 g/mol. The largest absolute Gasteiger partial charge is 0.494 e. The number of alkyl halides is 2. The van der Waals surface area contributed by atoms with Crippen LogP contribution in [0.1, 0.15) is 82.5 Å². The minimum Gasteiger partial charge on any atom is -0.494 e. The number of esters is 4. The summed E-state index contributed by atoms with van der Waals surface area (Å²) in [5, 5.41) is 12.2. The van der Waals surface area contributed by atoms with Gasteiger partial charge in [-0.3, -0.25) is 63.0 Å². The second kappa shape index (κ2) is 33.3. The van der Waals surface area contributed by atoms with Crippen molar-refractivity contribution in [3.05, 3.63) is 36.0 Å². The molecule has 24 heteroatoms. The summed E-state index contributed by atoms with van der Waals surface area (Å²) in [6.07, 6.45) is 6.25. The van der Waals surface area contributed by atoms with E-state index in [1.807, 2.05) is 40.4 Å². The van der Waals surface area contributed by atoms with Crippen molar-refractivity contribution in [2.45, 2.75) is 84.1 Å². The number of likely N-dealkylation sites (tertiary alicyclic amines) is 1. The van der Waals surface area contributed by atoms with Gasteiger partial charge >= 0.3 is 23.9 Å². The molecule has 3 saturated heterocycles. The zero-order valence-electron chi connectivity index (χ0n) is 45.8. The number of carbonyl (C=O) groups is 7. The third-order valence-corrected chi connectivity index (χ3v) is 13.7. The van der Waals surface area contributed by atoms with E-state index in [4.69, 9.17) is 23.7 Å². The molecule has 1 atom stereocenters. The summed E-state index contributed by atoms with van der Waals surface area (Å²) >= 11 is 0. The molecule has 2 aromatic rings. The van der Waals surface area contributed by atoms with Crippen LogP contribution in [0.4, 0.5) is 8.78 Å². The van der Waals surface area contributed by atoms with E-state index in [0.29, 0.717) is 135 Å². The third-order valence-electron chi connectivity index (χ3n) is 13.7. The molecule has 78 heavy (non-hydrogen) atoms. The van der Waals surface area contributed by atoms with Crippen LogP contribution in [-0.4, -0.2) is 250 Å². The molecule has 22 nitrogen and oxygen atoms in total. The zero-order chi connectivity index (χ0) is 56.3. The van der Waals surface area contributed by atoms with Crippen LogP contribution >= 0.6 is 0 Å². The molecule has 4 heterocycles. The summed E-state index contributed by atoms with van der Waals surface area (Å²) in [6, 6.07) is 7.03. The number of aromatic nitrogens is 1. The Morgan fingerprint density at radius 2 is 1.13 bits per heavy atom. The number of pyridine rings is 1. The van der Waals surface area contributed by atoms with Crippen LogP contribution in [0, 0.1) is 11.3 Å². The lowest BCUT2D eigenvalue weighted by Gasteiger charge is -2.34. The van der Waals surface area contributed by atoms with Crippen molar-refractivity contribution >= 4 is 52.5 Å². The van der Waals surface area contributed by atoms with Gasteiger partial charge in [-0.25, -0.2) is 8.78 Å². The van der Waals surface area contributed by atoms with Gasteiger partial charge in [-0.1, -0.05) is 40.0 Å². The lowest BCUT2D eigenvalue weighted by atomic mass is 10.1. The van der Waals surface area contributed by atoms with E-state index in [1.54, 1.807) is 29.2 Å². The summed E-state index contributed by atoms with van der Waals surface area (Å²) in [4.78, 5) is 108. The number of fused-ring (bicyclic) bond motifs is 1. The standard InChI is InChI=1S/C54H80F2N10O12/c1-4-7-28-75-49(69)36-61-16-18-62(37-50(70)76-29-8-5-2)20-22-64(23-21-63(19-17-61)38-51(71)77-30-9-6-3)39-52(72)78-40-48(68)65-26-24-60(25-27-65)15-10-31-74-43-11-12-46-45(32-43)44(13-14-58-46)53(73)59-35-47(67)66-41-54(55,56)33-42(66)34-57/h11-14,32,42H,4-10,15-31,33,35-41H2,1-3H3,(H,59,73)/t42-/m0/s1. The predicted octanol–water partition coefficient (Wildman–Crippen LogP) is 2.43. The van der Waals surface area contributed by atoms with Gasteiger partial charge in [-0.05, 0) is 49.9 Å². The van der Waals surface area contributed by atoms with Gasteiger partial charge in [0.15, 0.2) is 6.61 Å². The fourth-order valence-corrected chi connectivity index (χ4v) is 9.01. The van der Waals surface area contributed by atoms with Crippen molar-refractivity contribution in [2.24, 2.45) is 0 Å². The van der Waals surface area contributed by atoms with Crippen molar-refractivity contribution in [3.63, 3.8) is 0 Å². The maximum absolute atomic E-state index is 13.9. The number of unbranched alkanes of at least 4 members (excludes halogenated alkanes) is 3. The van der Waals surface area contributed by atoms with Gasteiger partial charge < -0.3 is 38.8 Å². The van der Waals surface area contributed by atoms with Crippen LogP contribution in [0.2, 0.25) is 0 Å². The van der Waals surface area contributed by atoms with E-state index < -0.39 is 55.9 Å². The fraction of sp³-hybridized carbons (Fsp3) is 0.685. The molecule has 1 N–H and O–H groups in total. The molecule has 3 fully saturated rings. The Morgan fingerprint density at radius 3 is 1.62 bits per heavy atom. The minimum absolute atomic E-state index is 0.0215. The van der Waals surface area contributed by atoms with Gasteiger partial charge in [-0.2, -0.15) is 5.26 Å². The molecule has 0 bridgehead atoms. The first-order valence-corrected chi connectivity index (χ1v) is 27.5. The number of amides is 3. The van der Waals surface area contributed by atoms with E-state index in [2.05, 4.69) is 15.2 Å². The molecule has 0 saturated carbocycles.